The topological polar surface area (TPSA) is 12.0 Å². The van der Waals surface area contributed by atoms with E-state index in [1.165, 1.54) is 40.4 Å². The summed E-state index contributed by atoms with van der Waals surface area (Å²) in [6, 6.07) is 5.20. The number of hydrogen-bond donors (Lipinski definition) is 1. The maximum Gasteiger partial charge on any atom is 0.0354 e. The Hall–Kier alpha value is -0.340. The van der Waals surface area contributed by atoms with Gasteiger partial charge in [0.15, 0.2) is 0 Å². The molecule has 2 heteroatoms. The highest BCUT2D eigenvalue weighted by Gasteiger charge is 2.55. The molecule has 0 radical (unpaired) electrons. The van der Waals surface area contributed by atoms with Gasteiger partial charge in [-0.3, -0.25) is 0 Å². The molecule has 0 amide bonds. The number of rotatable bonds is 3. The lowest BCUT2D eigenvalue weighted by Gasteiger charge is -2.22. The first kappa shape index (κ1) is 12.7. The molecule has 1 aromatic rings. The fourth-order valence-electron chi connectivity index (χ4n) is 4.06. The van der Waals surface area contributed by atoms with Crippen LogP contribution in [0.1, 0.15) is 42.0 Å². The maximum atomic E-state index is 3.63. The quantitative estimate of drug-likeness (QED) is 0.874. The van der Waals surface area contributed by atoms with Crippen LogP contribution in [0.4, 0.5) is 0 Å². The van der Waals surface area contributed by atoms with Crippen LogP contribution in [0, 0.1) is 31.6 Å². The van der Waals surface area contributed by atoms with Gasteiger partial charge in [-0.05, 0) is 74.2 Å². The van der Waals surface area contributed by atoms with Crippen molar-refractivity contribution in [2.45, 2.75) is 39.2 Å². The SMILES string of the molecule is CNC(c1cc(C)c(Br)cc1C)C1C2CCCC21. The van der Waals surface area contributed by atoms with Crippen LogP contribution in [0.15, 0.2) is 16.6 Å². The number of hydrogen-bond acceptors (Lipinski definition) is 1. The van der Waals surface area contributed by atoms with Crippen LogP contribution >= 0.6 is 15.9 Å². The molecule has 2 saturated carbocycles. The van der Waals surface area contributed by atoms with Crippen molar-refractivity contribution in [2.24, 2.45) is 17.8 Å². The van der Waals surface area contributed by atoms with E-state index in [1.807, 2.05) is 0 Å². The molecule has 3 atom stereocenters. The van der Waals surface area contributed by atoms with E-state index in [0.29, 0.717) is 6.04 Å². The minimum Gasteiger partial charge on any atom is -0.313 e. The summed E-state index contributed by atoms with van der Waals surface area (Å²) in [6.07, 6.45) is 4.38. The first-order chi connectivity index (χ1) is 8.63. The fourth-order valence-corrected chi connectivity index (χ4v) is 4.52. The predicted molar refractivity (Wildman–Crippen MR) is 79.7 cm³/mol. The number of aryl methyl sites for hydroxylation is 2. The van der Waals surface area contributed by atoms with Crippen LogP contribution < -0.4 is 5.32 Å². The standard InChI is InChI=1S/C16H22BrN/c1-9-8-14(17)10(2)7-13(9)16(18-3)15-11-5-4-6-12(11)15/h7-8,11-12,15-16,18H,4-6H2,1-3H3. The molecule has 0 bridgehead atoms. The first-order valence-electron chi connectivity index (χ1n) is 7.07. The number of halogens is 1. The zero-order valence-electron chi connectivity index (χ0n) is 11.5. The molecule has 1 N–H and O–H groups in total. The van der Waals surface area contributed by atoms with Gasteiger partial charge in [0.1, 0.15) is 0 Å². The average Bonchev–Trinajstić information content (AvgIpc) is 2.81. The van der Waals surface area contributed by atoms with E-state index in [9.17, 15) is 0 Å². The molecule has 3 rings (SSSR count). The van der Waals surface area contributed by atoms with Gasteiger partial charge in [0.05, 0.1) is 0 Å². The summed E-state index contributed by atoms with van der Waals surface area (Å²) < 4.78 is 1.23. The lowest BCUT2D eigenvalue weighted by atomic mass is 9.92. The molecule has 98 valence electrons. The van der Waals surface area contributed by atoms with Crippen LogP contribution in [0.5, 0.6) is 0 Å². The van der Waals surface area contributed by atoms with E-state index in [1.54, 1.807) is 0 Å². The fraction of sp³-hybridized carbons (Fsp3) is 0.625. The molecule has 0 aromatic heterocycles. The Bertz CT molecular complexity index is 458. The Morgan fingerprint density at radius 1 is 1.17 bits per heavy atom. The van der Waals surface area contributed by atoms with Crippen molar-refractivity contribution in [2.75, 3.05) is 7.05 Å². The molecule has 2 fully saturated rings. The highest BCUT2D eigenvalue weighted by molar-refractivity contribution is 9.10. The van der Waals surface area contributed by atoms with Gasteiger partial charge in [-0.25, -0.2) is 0 Å². The normalized spacial score (nSPS) is 31.2. The van der Waals surface area contributed by atoms with Crippen LogP contribution in [0.3, 0.4) is 0 Å². The molecule has 2 aliphatic rings. The van der Waals surface area contributed by atoms with E-state index in [2.05, 4.69) is 54.3 Å². The van der Waals surface area contributed by atoms with Gasteiger partial charge in [0.25, 0.3) is 0 Å². The molecule has 0 heterocycles. The van der Waals surface area contributed by atoms with Crippen molar-refractivity contribution in [1.29, 1.82) is 0 Å². The second-order valence-corrected chi connectivity index (χ2v) is 6.91. The van der Waals surface area contributed by atoms with Crippen LogP contribution in [-0.4, -0.2) is 7.05 Å². The highest BCUT2D eigenvalue weighted by Crippen LogP contribution is 2.62. The Morgan fingerprint density at radius 2 is 1.83 bits per heavy atom. The van der Waals surface area contributed by atoms with Crippen molar-refractivity contribution in [3.8, 4) is 0 Å². The molecular formula is C16H22BrN. The van der Waals surface area contributed by atoms with Crippen molar-refractivity contribution in [1.82, 2.24) is 5.32 Å². The van der Waals surface area contributed by atoms with Gasteiger partial charge in [-0.2, -0.15) is 0 Å². The lowest BCUT2D eigenvalue weighted by molar-refractivity contribution is 0.443. The summed E-state index contributed by atoms with van der Waals surface area (Å²) in [6.45, 7) is 4.43. The number of benzene rings is 1. The number of nitrogens with one attached hydrogen (secondary N) is 1. The second kappa shape index (κ2) is 4.64. The molecule has 0 aliphatic heterocycles. The third-order valence-corrected chi connectivity index (χ3v) is 5.91. The molecule has 3 unspecified atom stereocenters. The monoisotopic (exact) mass is 307 g/mol. The predicted octanol–water partition coefficient (Wildman–Crippen LogP) is 4.37. The largest absolute Gasteiger partial charge is 0.313 e. The van der Waals surface area contributed by atoms with E-state index in [4.69, 9.17) is 0 Å². The van der Waals surface area contributed by atoms with Crippen molar-refractivity contribution in [3.05, 3.63) is 33.3 Å². The van der Waals surface area contributed by atoms with Crippen molar-refractivity contribution in [3.63, 3.8) is 0 Å². The van der Waals surface area contributed by atoms with E-state index in [0.717, 1.165) is 17.8 Å². The maximum absolute atomic E-state index is 3.63. The lowest BCUT2D eigenvalue weighted by Crippen LogP contribution is -2.21. The van der Waals surface area contributed by atoms with Gasteiger partial charge in [0.2, 0.25) is 0 Å². The van der Waals surface area contributed by atoms with Gasteiger partial charge >= 0.3 is 0 Å². The summed E-state index contributed by atoms with van der Waals surface area (Å²) in [5.41, 5.74) is 4.27. The van der Waals surface area contributed by atoms with Crippen LogP contribution in [0.25, 0.3) is 0 Å². The zero-order valence-corrected chi connectivity index (χ0v) is 13.0. The van der Waals surface area contributed by atoms with E-state index >= 15 is 0 Å². The number of fused-ring (bicyclic) bond motifs is 1. The molecule has 0 saturated heterocycles. The molecule has 18 heavy (non-hydrogen) atoms. The zero-order chi connectivity index (χ0) is 12.9. The molecular weight excluding hydrogens is 286 g/mol. The van der Waals surface area contributed by atoms with Gasteiger partial charge in [0, 0.05) is 10.5 Å². The Labute approximate surface area is 118 Å². The van der Waals surface area contributed by atoms with Gasteiger partial charge in [-0.15, -0.1) is 0 Å². The summed E-state index contributed by atoms with van der Waals surface area (Å²) in [5.74, 6) is 2.90. The van der Waals surface area contributed by atoms with Crippen molar-refractivity contribution < 1.29 is 0 Å². The van der Waals surface area contributed by atoms with Gasteiger partial charge < -0.3 is 5.32 Å². The second-order valence-electron chi connectivity index (χ2n) is 6.06. The molecule has 1 nitrogen and oxygen atoms in total. The summed E-state index contributed by atoms with van der Waals surface area (Å²) in [7, 11) is 2.12. The molecule has 2 aliphatic carbocycles. The summed E-state index contributed by atoms with van der Waals surface area (Å²) in [4.78, 5) is 0. The third-order valence-electron chi connectivity index (χ3n) is 5.05. The van der Waals surface area contributed by atoms with E-state index in [-0.39, 0.29) is 0 Å². The summed E-state index contributed by atoms with van der Waals surface area (Å²) in [5, 5.41) is 3.58. The highest BCUT2D eigenvalue weighted by atomic mass is 79.9. The first-order valence-corrected chi connectivity index (χ1v) is 7.86. The van der Waals surface area contributed by atoms with Crippen LogP contribution in [-0.2, 0) is 0 Å². The van der Waals surface area contributed by atoms with Crippen molar-refractivity contribution >= 4 is 15.9 Å². The third kappa shape index (κ3) is 1.94. The minimum absolute atomic E-state index is 0.562. The van der Waals surface area contributed by atoms with Gasteiger partial charge in [-0.1, -0.05) is 28.4 Å². The average molecular weight is 308 g/mol. The smallest absolute Gasteiger partial charge is 0.0354 e. The minimum atomic E-state index is 0.562. The Kier molecular flexibility index (Phi) is 3.27. The van der Waals surface area contributed by atoms with Crippen LogP contribution in [0.2, 0.25) is 0 Å². The Balaban J connectivity index is 1.90. The van der Waals surface area contributed by atoms with E-state index < -0.39 is 0 Å². The Morgan fingerprint density at radius 3 is 2.44 bits per heavy atom. The molecule has 0 spiro atoms. The summed E-state index contributed by atoms with van der Waals surface area (Å²) >= 11 is 3.63. The molecule has 1 aromatic carbocycles.